The van der Waals surface area contributed by atoms with Crippen LogP contribution in [0, 0.1) is 5.92 Å². The Morgan fingerprint density at radius 3 is 2.42 bits per heavy atom. The van der Waals surface area contributed by atoms with Crippen LogP contribution in [0.2, 0.25) is 0 Å². The molecule has 0 bridgehead atoms. The van der Waals surface area contributed by atoms with Crippen LogP contribution in [-0.4, -0.2) is 18.9 Å². The first-order valence-corrected chi connectivity index (χ1v) is 4.05. The molecule has 0 saturated heterocycles. The van der Waals surface area contributed by atoms with Crippen molar-refractivity contribution in [3.05, 3.63) is 0 Å². The lowest BCUT2D eigenvalue weighted by atomic mass is 10.1. The largest absolute Gasteiger partial charge is 0.457 e. The number of alkyl halides is 3. The predicted molar refractivity (Wildman–Crippen MR) is 39.4 cm³/mol. The molecule has 2 atom stereocenters. The molecule has 1 aliphatic rings. The van der Waals surface area contributed by atoms with Crippen LogP contribution in [0.1, 0.15) is 19.3 Å². The van der Waals surface area contributed by atoms with Gasteiger partial charge in [0.1, 0.15) is 0 Å². The van der Waals surface area contributed by atoms with Gasteiger partial charge in [-0.25, -0.2) is 5.32 Å². The molecule has 0 heterocycles. The van der Waals surface area contributed by atoms with E-state index in [1.165, 1.54) is 5.32 Å². The van der Waals surface area contributed by atoms with Crippen molar-refractivity contribution in [1.82, 2.24) is 5.32 Å². The summed E-state index contributed by atoms with van der Waals surface area (Å²) in [5.41, 5.74) is 5.56. The van der Waals surface area contributed by atoms with Crippen molar-refractivity contribution >= 4 is 0 Å². The number of hydrogen-bond donors (Lipinski definition) is 2. The Hall–Kier alpha value is -0.290. The van der Waals surface area contributed by atoms with E-state index in [0.717, 1.165) is 12.8 Å². The number of halogens is 3. The highest BCUT2D eigenvalue weighted by Gasteiger charge is 2.29. The molecule has 12 heavy (non-hydrogen) atoms. The van der Waals surface area contributed by atoms with Crippen molar-refractivity contribution in [1.29, 1.82) is 0 Å². The van der Waals surface area contributed by atoms with Gasteiger partial charge >= 0.3 is 6.30 Å². The van der Waals surface area contributed by atoms with Crippen molar-refractivity contribution in [3.8, 4) is 0 Å². The minimum Gasteiger partial charge on any atom is -0.328 e. The number of nitrogens with two attached hydrogens (primary N) is 1. The molecule has 1 saturated carbocycles. The average molecular weight is 182 g/mol. The van der Waals surface area contributed by atoms with Gasteiger partial charge in [-0.05, 0) is 25.2 Å². The molecule has 1 rings (SSSR count). The standard InChI is InChI=1S/C7H13F3N2/c8-7(9,10)12-4-5-1-2-6(11)3-5/h5-6,12H,1-4,11H2. The van der Waals surface area contributed by atoms with Gasteiger partial charge in [0.15, 0.2) is 0 Å². The fraction of sp³-hybridized carbons (Fsp3) is 1.00. The van der Waals surface area contributed by atoms with Gasteiger partial charge in [0.2, 0.25) is 0 Å². The fourth-order valence-corrected chi connectivity index (χ4v) is 1.56. The van der Waals surface area contributed by atoms with Crippen LogP contribution in [0.15, 0.2) is 0 Å². The highest BCUT2D eigenvalue weighted by atomic mass is 19.4. The van der Waals surface area contributed by atoms with E-state index in [1.54, 1.807) is 0 Å². The fourth-order valence-electron chi connectivity index (χ4n) is 1.56. The highest BCUT2D eigenvalue weighted by Crippen LogP contribution is 2.24. The van der Waals surface area contributed by atoms with Crippen LogP contribution >= 0.6 is 0 Å². The van der Waals surface area contributed by atoms with Crippen LogP contribution < -0.4 is 11.1 Å². The normalized spacial score (nSPS) is 31.0. The van der Waals surface area contributed by atoms with Crippen molar-refractivity contribution in [2.24, 2.45) is 11.7 Å². The maximum atomic E-state index is 11.7. The summed E-state index contributed by atoms with van der Waals surface area (Å²) in [7, 11) is 0. The second-order valence-electron chi connectivity index (χ2n) is 3.32. The molecule has 3 N–H and O–H groups in total. The lowest BCUT2D eigenvalue weighted by Crippen LogP contribution is -2.35. The Morgan fingerprint density at radius 1 is 1.33 bits per heavy atom. The second-order valence-corrected chi connectivity index (χ2v) is 3.32. The molecule has 0 aromatic rings. The molecule has 2 unspecified atom stereocenters. The molecule has 0 spiro atoms. The minimum atomic E-state index is -4.24. The van der Waals surface area contributed by atoms with Crippen LogP contribution in [0.25, 0.3) is 0 Å². The quantitative estimate of drug-likeness (QED) is 0.630. The number of rotatable bonds is 2. The molecule has 5 heteroatoms. The molecule has 0 radical (unpaired) electrons. The highest BCUT2D eigenvalue weighted by molar-refractivity contribution is 4.79. The molecule has 72 valence electrons. The summed E-state index contributed by atoms with van der Waals surface area (Å²) in [6.45, 7) is 0.0111. The zero-order valence-electron chi connectivity index (χ0n) is 6.69. The summed E-state index contributed by atoms with van der Waals surface area (Å²) in [5.74, 6) is 0.0987. The van der Waals surface area contributed by atoms with Gasteiger partial charge in [-0.3, -0.25) is 0 Å². The molecule has 1 fully saturated rings. The summed E-state index contributed by atoms with van der Waals surface area (Å²) in [6.07, 6.45) is -1.87. The van der Waals surface area contributed by atoms with Crippen molar-refractivity contribution in [2.75, 3.05) is 6.54 Å². The van der Waals surface area contributed by atoms with E-state index >= 15 is 0 Å². The van der Waals surface area contributed by atoms with E-state index in [4.69, 9.17) is 5.73 Å². The third-order valence-corrected chi connectivity index (χ3v) is 2.17. The first-order chi connectivity index (χ1) is 5.47. The zero-order valence-corrected chi connectivity index (χ0v) is 6.69. The first-order valence-electron chi connectivity index (χ1n) is 4.05. The smallest absolute Gasteiger partial charge is 0.328 e. The summed E-state index contributed by atoms with van der Waals surface area (Å²) in [6, 6.07) is 0.102. The molecule has 0 amide bonds. The Morgan fingerprint density at radius 2 is 2.00 bits per heavy atom. The van der Waals surface area contributed by atoms with Gasteiger partial charge in [0.25, 0.3) is 0 Å². The molecule has 0 aliphatic heterocycles. The van der Waals surface area contributed by atoms with Gasteiger partial charge in [0, 0.05) is 12.6 Å². The summed E-state index contributed by atoms with van der Waals surface area (Å²) in [4.78, 5) is 0. The summed E-state index contributed by atoms with van der Waals surface area (Å²) >= 11 is 0. The van der Waals surface area contributed by atoms with Crippen molar-refractivity contribution in [2.45, 2.75) is 31.6 Å². The third kappa shape index (κ3) is 3.40. The van der Waals surface area contributed by atoms with Crippen molar-refractivity contribution in [3.63, 3.8) is 0 Å². The van der Waals surface area contributed by atoms with Gasteiger partial charge in [-0.15, -0.1) is 0 Å². The Bertz CT molecular complexity index is 146. The monoisotopic (exact) mass is 182 g/mol. The Kier molecular flexibility index (Phi) is 2.95. The molecular formula is C7H13F3N2. The second kappa shape index (κ2) is 3.62. The van der Waals surface area contributed by atoms with Gasteiger partial charge < -0.3 is 5.73 Å². The first kappa shape index (κ1) is 9.80. The van der Waals surface area contributed by atoms with Crippen LogP contribution in [-0.2, 0) is 0 Å². The lowest BCUT2D eigenvalue weighted by Gasteiger charge is -2.12. The number of nitrogens with one attached hydrogen (secondary N) is 1. The lowest BCUT2D eigenvalue weighted by molar-refractivity contribution is -0.158. The van der Waals surface area contributed by atoms with Gasteiger partial charge in [0.05, 0.1) is 0 Å². The van der Waals surface area contributed by atoms with E-state index in [0.29, 0.717) is 6.42 Å². The third-order valence-electron chi connectivity index (χ3n) is 2.17. The number of hydrogen-bond acceptors (Lipinski definition) is 2. The molecule has 2 nitrogen and oxygen atoms in total. The van der Waals surface area contributed by atoms with Crippen LogP contribution in [0.5, 0.6) is 0 Å². The molecular weight excluding hydrogens is 169 g/mol. The zero-order chi connectivity index (χ0) is 9.19. The maximum Gasteiger partial charge on any atom is 0.457 e. The maximum absolute atomic E-state index is 11.7. The topological polar surface area (TPSA) is 38.0 Å². The predicted octanol–water partition coefficient (Wildman–Crippen LogP) is 1.22. The molecule has 0 aromatic carbocycles. The van der Waals surface area contributed by atoms with E-state index in [9.17, 15) is 13.2 Å². The average Bonchev–Trinajstić information content (AvgIpc) is 2.30. The van der Waals surface area contributed by atoms with E-state index < -0.39 is 6.30 Å². The SMILES string of the molecule is NC1CCC(CNC(F)(F)F)C1. The van der Waals surface area contributed by atoms with Crippen molar-refractivity contribution < 1.29 is 13.2 Å². The van der Waals surface area contributed by atoms with E-state index in [2.05, 4.69) is 0 Å². The van der Waals surface area contributed by atoms with Gasteiger partial charge in [-0.2, -0.15) is 13.2 Å². The van der Waals surface area contributed by atoms with E-state index in [-0.39, 0.29) is 18.5 Å². The van der Waals surface area contributed by atoms with Crippen LogP contribution in [0.3, 0.4) is 0 Å². The molecule has 0 aromatic heterocycles. The summed E-state index contributed by atoms with van der Waals surface area (Å²) < 4.78 is 35.0. The van der Waals surface area contributed by atoms with E-state index in [1.807, 2.05) is 0 Å². The minimum absolute atomic E-state index is 0.0111. The van der Waals surface area contributed by atoms with Crippen LogP contribution in [0.4, 0.5) is 13.2 Å². The van der Waals surface area contributed by atoms with Gasteiger partial charge in [-0.1, -0.05) is 0 Å². The Balaban J connectivity index is 2.16. The summed E-state index contributed by atoms with van der Waals surface area (Å²) in [5, 5.41) is 1.53. The Labute approximate surface area is 69.3 Å². The molecule has 1 aliphatic carbocycles.